The first kappa shape index (κ1) is 11.5. The van der Waals surface area contributed by atoms with Gasteiger partial charge in [0.15, 0.2) is 0 Å². The van der Waals surface area contributed by atoms with Crippen molar-refractivity contribution >= 4 is 26.5 Å². The Balaban J connectivity index is 1.99. The third-order valence-corrected chi connectivity index (χ3v) is 4.82. The van der Waals surface area contributed by atoms with Gasteiger partial charge in [-0.3, -0.25) is 0 Å². The molecule has 1 heterocycles. The van der Waals surface area contributed by atoms with E-state index in [1.807, 2.05) is 42.5 Å². The summed E-state index contributed by atoms with van der Waals surface area (Å²) in [6.45, 7) is 0. The van der Waals surface area contributed by atoms with Crippen LogP contribution in [0.4, 0.5) is 5.69 Å². The zero-order valence-electron chi connectivity index (χ0n) is 10.0. The van der Waals surface area contributed by atoms with Gasteiger partial charge in [0, 0.05) is 0 Å². The van der Waals surface area contributed by atoms with Crippen LogP contribution in [0, 0.1) is 0 Å². The number of benzene rings is 2. The van der Waals surface area contributed by atoms with Gasteiger partial charge >= 0.3 is 113 Å². The molecule has 3 heteroatoms. The third kappa shape index (κ3) is 2.07. The number of hydrogen-bond donors (Lipinski definition) is 0. The van der Waals surface area contributed by atoms with Crippen molar-refractivity contribution in [2.45, 2.75) is 10.6 Å². The number of nitrogens with zero attached hydrogens (tertiary/aromatic N) is 1. The predicted octanol–water partition coefficient (Wildman–Crippen LogP) is 3.60. The molecule has 0 spiro atoms. The quantitative estimate of drug-likeness (QED) is 0.777. The second kappa shape index (κ2) is 4.97. The van der Waals surface area contributed by atoms with E-state index in [2.05, 4.69) is 22.9 Å². The molecule has 1 aliphatic rings. The summed E-state index contributed by atoms with van der Waals surface area (Å²) in [4.78, 5) is 4.98. The van der Waals surface area contributed by atoms with E-state index < -0.39 is 0 Å². The Morgan fingerprint density at radius 1 is 1.00 bits per heavy atom. The van der Waals surface area contributed by atoms with Gasteiger partial charge in [0.05, 0.1) is 0 Å². The molecule has 2 aromatic rings. The van der Waals surface area contributed by atoms with E-state index in [1.165, 1.54) is 5.56 Å². The monoisotopic (exact) mass is 303 g/mol. The van der Waals surface area contributed by atoms with Crippen LogP contribution in [0.5, 0.6) is 5.75 Å². The molecule has 90 valence electrons. The van der Waals surface area contributed by atoms with Gasteiger partial charge in [-0.2, -0.15) is 0 Å². The molecular weight excluding hydrogens is 289 g/mol. The Morgan fingerprint density at radius 3 is 2.50 bits per heavy atom. The van der Waals surface area contributed by atoms with Crippen molar-refractivity contribution < 1.29 is 4.74 Å². The van der Waals surface area contributed by atoms with E-state index in [9.17, 15) is 0 Å². The molecule has 0 saturated heterocycles. The number of aliphatic imine (C=N–C) groups is 1. The van der Waals surface area contributed by atoms with E-state index in [0.29, 0.717) is 19.8 Å². The van der Waals surface area contributed by atoms with Gasteiger partial charge < -0.3 is 0 Å². The molecule has 3 rings (SSSR count). The van der Waals surface area contributed by atoms with E-state index >= 15 is 0 Å². The van der Waals surface area contributed by atoms with Crippen LogP contribution in [-0.2, 0) is 0 Å². The van der Waals surface area contributed by atoms with Crippen LogP contribution in [0.3, 0.4) is 0 Å². The number of ether oxygens (including phenoxy) is 1. The number of rotatable bonds is 2. The van der Waals surface area contributed by atoms with Crippen molar-refractivity contribution in [2.75, 3.05) is 0 Å². The van der Waals surface area contributed by atoms with Crippen LogP contribution in [-0.4, -0.2) is 20.9 Å². The van der Waals surface area contributed by atoms with Crippen LogP contribution >= 0.6 is 0 Å². The van der Waals surface area contributed by atoms with Gasteiger partial charge in [-0.15, -0.1) is 0 Å². The maximum atomic E-state index is 5.88. The van der Waals surface area contributed by atoms with E-state index in [1.54, 1.807) is 0 Å². The third-order valence-electron chi connectivity index (χ3n) is 2.87. The molecule has 0 aromatic heterocycles. The molecule has 0 radical (unpaired) electrons. The molecule has 0 fully saturated rings. The first-order chi connectivity index (χ1) is 8.88. The van der Waals surface area contributed by atoms with Gasteiger partial charge in [0.1, 0.15) is 0 Å². The Hall–Kier alpha value is -1.57. The predicted molar refractivity (Wildman–Crippen MR) is 75.0 cm³/mol. The Bertz CT molecular complexity index is 580. The van der Waals surface area contributed by atoms with Gasteiger partial charge in [0.2, 0.25) is 0 Å². The van der Waals surface area contributed by atoms with Crippen LogP contribution in [0.2, 0.25) is 5.82 Å². The van der Waals surface area contributed by atoms with E-state index in [0.717, 1.165) is 17.3 Å². The molecule has 1 atom stereocenters. The summed E-state index contributed by atoms with van der Waals surface area (Å²) in [5.74, 6) is 4.02. The normalized spacial score (nSPS) is 19.6. The van der Waals surface area contributed by atoms with Crippen molar-refractivity contribution in [1.29, 1.82) is 0 Å². The van der Waals surface area contributed by atoms with Gasteiger partial charge in [-0.25, -0.2) is 0 Å². The molecule has 0 saturated carbocycles. The van der Waals surface area contributed by atoms with Gasteiger partial charge in [0.25, 0.3) is 0 Å². The Labute approximate surface area is 113 Å². The number of para-hydroxylation sites is 2. The maximum absolute atomic E-state index is 5.88. The van der Waals surface area contributed by atoms with Gasteiger partial charge in [-0.05, 0) is 0 Å². The second-order valence-electron chi connectivity index (χ2n) is 4.04. The van der Waals surface area contributed by atoms with Crippen molar-refractivity contribution in [1.82, 2.24) is 0 Å². The summed E-state index contributed by atoms with van der Waals surface area (Å²) in [7, 11) is 0. The topological polar surface area (TPSA) is 21.6 Å². The number of hydrogen-bond acceptors (Lipinski definition) is 2. The zero-order valence-corrected chi connectivity index (χ0v) is 11.8. The molecule has 0 bridgehead atoms. The zero-order chi connectivity index (χ0) is 12.4. The Kier molecular flexibility index (Phi) is 3.18. The van der Waals surface area contributed by atoms with Crippen molar-refractivity contribution in [2.24, 2.45) is 4.99 Å². The summed E-state index contributed by atoms with van der Waals surface area (Å²) in [6.07, 6.45) is 0. The van der Waals surface area contributed by atoms with Crippen LogP contribution in [0.1, 0.15) is 10.4 Å². The SMILES string of the molecule is C[Se]C1C(=Nc2ccccc2)Oc2ccccc21. The molecule has 18 heavy (non-hydrogen) atoms. The van der Waals surface area contributed by atoms with Crippen molar-refractivity contribution in [3.63, 3.8) is 0 Å². The van der Waals surface area contributed by atoms with Crippen molar-refractivity contribution in [3.8, 4) is 5.75 Å². The fourth-order valence-electron chi connectivity index (χ4n) is 2.03. The fraction of sp³-hybridized carbons (Fsp3) is 0.133. The van der Waals surface area contributed by atoms with E-state index in [-0.39, 0.29) is 0 Å². The second-order valence-corrected chi connectivity index (χ2v) is 6.02. The minimum absolute atomic E-state index is 0.342. The molecule has 2 aromatic carbocycles. The molecular formula is C15H13NOSe. The van der Waals surface area contributed by atoms with Crippen molar-refractivity contribution in [3.05, 3.63) is 60.2 Å². The molecule has 0 amide bonds. The van der Waals surface area contributed by atoms with Gasteiger partial charge in [-0.1, -0.05) is 0 Å². The molecule has 2 nitrogen and oxygen atoms in total. The fourth-order valence-corrected chi connectivity index (χ4v) is 3.60. The number of fused-ring (bicyclic) bond motifs is 1. The summed E-state index contributed by atoms with van der Waals surface area (Å²) < 4.78 is 5.88. The standard InChI is InChI=1S/C15H13NOSe/c1-18-14-12-9-5-6-10-13(12)17-15(14)16-11-7-3-2-4-8-11/h2-10,14H,1H3. The first-order valence-corrected chi connectivity index (χ1v) is 8.52. The summed E-state index contributed by atoms with van der Waals surface area (Å²) in [5.41, 5.74) is 2.23. The summed E-state index contributed by atoms with van der Waals surface area (Å²) >= 11 is 0.445. The van der Waals surface area contributed by atoms with Crippen LogP contribution < -0.4 is 4.74 Å². The molecule has 1 unspecified atom stereocenters. The first-order valence-electron chi connectivity index (χ1n) is 5.81. The Morgan fingerprint density at radius 2 is 1.72 bits per heavy atom. The minimum atomic E-state index is 0.342. The molecule has 1 aliphatic heterocycles. The average Bonchev–Trinajstić information content (AvgIpc) is 2.77. The van der Waals surface area contributed by atoms with Crippen LogP contribution in [0.15, 0.2) is 59.6 Å². The van der Waals surface area contributed by atoms with Crippen LogP contribution in [0.25, 0.3) is 0 Å². The summed E-state index contributed by atoms with van der Waals surface area (Å²) in [6, 6.07) is 18.2. The average molecular weight is 302 g/mol. The summed E-state index contributed by atoms with van der Waals surface area (Å²) in [5, 5.41) is 0. The molecule has 0 aliphatic carbocycles. The van der Waals surface area contributed by atoms with E-state index in [4.69, 9.17) is 4.74 Å². The molecule has 0 N–H and O–H groups in total.